The predicted molar refractivity (Wildman–Crippen MR) is 86.5 cm³/mol. The van der Waals surface area contributed by atoms with Gasteiger partial charge in [0.1, 0.15) is 4.47 Å². The summed E-state index contributed by atoms with van der Waals surface area (Å²) in [6.07, 6.45) is 5.02. The second kappa shape index (κ2) is 7.38. The number of piperidine rings is 1. The van der Waals surface area contributed by atoms with Crippen molar-refractivity contribution in [3.05, 3.63) is 21.0 Å². The summed E-state index contributed by atoms with van der Waals surface area (Å²) in [6.45, 7) is 3.77. The summed E-state index contributed by atoms with van der Waals surface area (Å²) in [5.74, 6) is 0.705. The Kier molecular flexibility index (Phi) is 5.78. The molecule has 118 valence electrons. The average Bonchev–Trinajstić information content (AvgIpc) is 2.52. The summed E-state index contributed by atoms with van der Waals surface area (Å²) < 4.78 is 1.77. The number of nitrogens with zero attached hydrogens (tertiary/aromatic N) is 3. The van der Waals surface area contributed by atoms with Crippen LogP contribution >= 0.6 is 15.9 Å². The van der Waals surface area contributed by atoms with Gasteiger partial charge in [-0.15, -0.1) is 0 Å². The normalized spacial score (nSPS) is 22.6. The van der Waals surface area contributed by atoms with Crippen LogP contribution < -0.4 is 16.2 Å². The van der Waals surface area contributed by atoms with Crippen LogP contribution in [0.25, 0.3) is 0 Å². The quantitative estimate of drug-likeness (QED) is 0.818. The van der Waals surface area contributed by atoms with Crippen LogP contribution in [0.15, 0.2) is 15.5 Å². The summed E-state index contributed by atoms with van der Waals surface area (Å²) in [4.78, 5) is 14.4. The van der Waals surface area contributed by atoms with Gasteiger partial charge in [0.25, 0.3) is 5.56 Å². The van der Waals surface area contributed by atoms with Crippen LogP contribution in [-0.2, 0) is 6.54 Å². The van der Waals surface area contributed by atoms with Gasteiger partial charge in [-0.1, -0.05) is 13.3 Å². The number of rotatable bonds is 5. The lowest BCUT2D eigenvalue weighted by molar-refractivity contribution is 0.265. The second-order valence-electron chi connectivity index (χ2n) is 5.48. The summed E-state index contributed by atoms with van der Waals surface area (Å²) in [5.41, 5.74) is 6.51. The second-order valence-corrected chi connectivity index (χ2v) is 6.27. The fourth-order valence-electron chi connectivity index (χ4n) is 2.96. The van der Waals surface area contributed by atoms with Gasteiger partial charge >= 0.3 is 0 Å². The highest BCUT2D eigenvalue weighted by atomic mass is 79.9. The number of anilines is 1. The number of halogens is 1. The number of nitrogens with two attached hydrogens (primary N) is 1. The van der Waals surface area contributed by atoms with Crippen molar-refractivity contribution < 1.29 is 5.11 Å². The number of aromatic nitrogens is 2. The van der Waals surface area contributed by atoms with Crippen LogP contribution in [0.4, 0.5) is 5.69 Å². The third-order valence-corrected chi connectivity index (χ3v) is 5.01. The molecule has 2 unspecified atom stereocenters. The highest BCUT2D eigenvalue weighted by Crippen LogP contribution is 2.31. The zero-order valence-electron chi connectivity index (χ0n) is 12.3. The molecule has 7 heteroatoms. The molecule has 3 N–H and O–H groups in total. The van der Waals surface area contributed by atoms with E-state index in [9.17, 15) is 4.79 Å². The van der Waals surface area contributed by atoms with Gasteiger partial charge in [0, 0.05) is 19.1 Å². The van der Waals surface area contributed by atoms with E-state index in [2.05, 4.69) is 32.9 Å². The maximum atomic E-state index is 12.2. The smallest absolute Gasteiger partial charge is 0.283 e. The fraction of sp³-hybridized carbons (Fsp3) is 0.714. The maximum absolute atomic E-state index is 12.2. The summed E-state index contributed by atoms with van der Waals surface area (Å²) >= 11 is 3.39. The molecule has 0 aliphatic carbocycles. The van der Waals surface area contributed by atoms with E-state index in [1.807, 2.05) is 0 Å². The number of aliphatic hydroxyl groups excluding tert-OH is 1. The zero-order chi connectivity index (χ0) is 15.4. The van der Waals surface area contributed by atoms with Gasteiger partial charge in [-0.3, -0.25) is 4.79 Å². The lowest BCUT2D eigenvalue weighted by atomic mass is 9.88. The summed E-state index contributed by atoms with van der Waals surface area (Å²) in [5, 5.41) is 13.1. The molecule has 2 heterocycles. The van der Waals surface area contributed by atoms with Gasteiger partial charge in [-0.05, 0) is 34.7 Å². The molecule has 21 heavy (non-hydrogen) atoms. The minimum absolute atomic E-state index is 0.105. The first-order valence-electron chi connectivity index (χ1n) is 7.45. The molecule has 1 aromatic rings. The fourth-order valence-corrected chi connectivity index (χ4v) is 3.49. The van der Waals surface area contributed by atoms with E-state index in [0.29, 0.717) is 16.9 Å². The Morgan fingerprint density at radius 2 is 2.33 bits per heavy atom. The molecule has 0 spiro atoms. The van der Waals surface area contributed by atoms with Gasteiger partial charge in [0.2, 0.25) is 0 Å². The van der Waals surface area contributed by atoms with Crippen LogP contribution in [0.2, 0.25) is 0 Å². The van der Waals surface area contributed by atoms with E-state index in [-0.39, 0.29) is 24.8 Å². The SMILES string of the molecule is CCC1CCN(c2cnn(CCO)c(=O)c2Br)C(CN)C1. The van der Waals surface area contributed by atoms with Crippen LogP contribution in [-0.4, -0.2) is 40.6 Å². The van der Waals surface area contributed by atoms with E-state index in [4.69, 9.17) is 10.8 Å². The minimum atomic E-state index is -0.213. The van der Waals surface area contributed by atoms with Crippen LogP contribution in [0.5, 0.6) is 0 Å². The van der Waals surface area contributed by atoms with Gasteiger partial charge in [0.05, 0.1) is 25.0 Å². The third-order valence-electron chi connectivity index (χ3n) is 4.26. The monoisotopic (exact) mass is 358 g/mol. The van der Waals surface area contributed by atoms with Gasteiger partial charge < -0.3 is 15.7 Å². The van der Waals surface area contributed by atoms with E-state index in [1.54, 1.807) is 6.20 Å². The van der Waals surface area contributed by atoms with E-state index in [0.717, 1.165) is 25.1 Å². The molecule has 2 rings (SSSR count). The molecule has 0 radical (unpaired) electrons. The first-order valence-corrected chi connectivity index (χ1v) is 8.24. The Morgan fingerprint density at radius 3 is 2.95 bits per heavy atom. The van der Waals surface area contributed by atoms with E-state index in [1.165, 1.54) is 11.1 Å². The van der Waals surface area contributed by atoms with Crippen LogP contribution in [0, 0.1) is 5.92 Å². The maximum Gasteiger partial charge on any atom is 0.283 e. The van der Waals surface area contributed by atoms with Crippen molar-refractivity contribution in [1.29, 1.82) is 0 Å². The van der Waals surface area contributed by atoms with E-state index >= 15 is 0 Å². The Balaban J connectivity index is 2.29. The third kappa shape index (κ3) is 3.46. The lowest BCUT2D eigenvalue weighted by Crippen LogP contribution is -2.47. The molecule has 2 atom stereocenters. The summed E-state index contributed by atoms with van der Waals surface area (Å²) in [7, 11) is 0. The number of hydrogen-bond donors (Lipinski definition) is 2. The molecule has 1 aliphatic rings. The molecule has 0 saturated carbocycles. The molecule has 1 fully saturated rings. The Labute approximate surface area is 133 Å². The average molecular weight is 359 g/mol. The van der Waals surface area contributed by atoms with Crippen molar-refractivity contribution in [3.8, 4) is 0 Å². The van der Waals surface area contributed by atoms with Crippen LogP contribution in [0.1, 0.15) is 26.2 Å². The molecule has 0 aromatic carbocycles. The van der Waals surface area contributed by atoms with Gasteiger partial charge in [-0.25, -0.2) is 4.68 Å². The molecule has 0 bridgehead atoms. The Morgan fingerprint density at radius 1 is 1.57 bits per heavy atom. The molecule has 1 saturated heterocycles. The first kappa shape index (κ1) is 16.5. The van der Waals surface area contributed by atoms with Crippen molar-refractivity contribution in [1.82, 2.24) is 9.78 Å². The van der Waals surface area contributed by atoms with Crippen LogP contribution in [0.3, 0.4) is 0 Å². The first-order chi connectivity index (χ1) is 10.1. The highest BCUT2D eigenvalue weighted by Gasteiger charge is 2.29. The Bertz CT molecular complexity index is 534. The predicted octanol–water partition coefficient (Wildman–Crippen LogP) is 0.952. The molecular weight excluding hydrogens is 336 g/mol. The van der Waals surface area contributed by atoms with Crippen molar-refractivity contribution in [3.63, 3.8) is 0 Å². The molecule has 1 aliphatic heterocycles. The molecule has 6 nitrogen and oxygen atoms in total. The van der Waals surface area contributed by atoms with Gasteiger partial charge in [-0.2, -0.15) is 5.10 Å². The lowest BCUT2D eigenvalue weighted by Gasteiger charge is -2.40. The van der Waals surface area contributed by atoms with Crippen molar-refractivity contribution in [2.24, 2.45) is 11.7 Å². The zero-order valence-corrected chi connectivity index (χ0v) is 13.9. The van der Waals surface area contributed by atoms with Crippen molar-refractivity contribution >= 4 is 21.6 Å². The molecule has 1 aromatic heterocycles. The molecule has 0 amide bonds. The topological polar surface area (TPSA) is 84.4 Å². The number of aliphatic hydroxyl groups is 1. The standard InChI is InChI=1S/C14H23BrN4O2/c1-2-10-3-4-18(11(7-10)8-16)12-9-17-19(5-6-20)14(21)13(12)15/h9-11,20H,2-8,16H2,1H3. The largest absolute Gasteiger partial charge is 0.394 e. The summed E-state index contributed by atoms with van der Waals surface area (Å²) in [6, 6.07) is 0.245. The van der Waals surface area contributed by atoms with Crippen molar-refractivity contribution in [2.75, 3.05) is 24.6 Å². The molecular formula is C14H23BrN4O2. The van der Waals surface area contributed by atoms with Gasteiger partial charge in [0.15, 0.2) is 0 Å². The highest BCUT2D eigenvalue weighted by molar-refractivity contribution is 9.10. The minimum Gasteiger partial charge on any atom is -0.394 e. The number of hydrogen-bond acceptors (Lipinski definition) is 5. The van der Waals surface area contributed by atoms with Crippen molar-refractivity contribution in [2.45, 2.75) is 38.8 Å². The Hall–Kier alpha value is -0.920. The van der Waals surface area contributed by atoms with E-state index < -0.39 is 0 Å².